The number of nitrogens with one attached hydrogen (secondary N) is 2. The Morgan fingerprint density at radius 1 is 1.00 bits per heavy atom. The number of amides is 2. The van der Waals surface area contributed by atoms with Crippen LogP contribution in [0.4, 0.5) is 5.69 Å². The number of rotatable bonds is 8. The monoisotopic (exact) mass is 378 g/mol. The number of ether oxygens (including phenoxy) is 1. The number of carbonyl (C=O) groups is 2. The smallest absolute Gasteiger partial charge is 0.291 e. The van der Waals surface area contributed by atoms with E-state index in [-0.39, 0.29) is 17.6 Å². The molecule has 0 radical (unpaired) electrons. The molecular formula is C22H22N2O4. The standard InChI is InChI=1S/C22H22N2O4/c1-27-19-8-3-5-16(14-19)10-11-21(25)23-15-17-6-2-7-18(13-17)24-22(26)20-9-4-12-28-20/h2-9,12-14H,10-11,15H2,1H3,(H,23,25)(H,24,26). The van der Waals surface area contributed by atoms with Gasteiger partial charge in [0.2, 0.25) is 5.91 Å². The predicted octanol–water partition coefficient (Wildman–Crippen LogP) is 3.79. The number of carbonyl (C=O) groups excluding carboxylic acids is 2. The van der Waals surface area contributed by atoms with Crippen LogP contribution >= 0.6 is 0 Å². The number of anilines is 1. The van der Waals surface area contributed by atoms with Gasteiger partial charge in [-0.25, -0.2) is 0 Å². The Labute approximate surface area is 163 Å². The summed E-state index contributed by atoms with van der Waals surface area (Å²) in [6.45, 7) is 0.390. The summed E-state index contributed by atoms with van der Waals surface area (Å²) in [5, 5.41) is 5.68. The Kier molecular flexibility index (Phi) is 6.46. The van der Waals surface area contributed by atoms with Crippen molar-refractivity contribution in [3.63, 3.8) is 0 Å². The number of hydrogen-bond donors (Lipinski definition) is 2. The molecule has 0 fully saturated rings. The summed E-state index contributed by atoms with van der Waals surface area (Å²) < 4.78 is 10.3. The Hall–Kier alpha value is -3.54. The highest BCUT2D eigenvalue weighted by Gasteiger charge is 2.09. The first-order valence-electron chi connectivity index (χ1n) is 8.97. The van der Waals surface area contributed by atoms with Crippen LogP contribution in [0.2, 0.25) is 0 Å². The lowest BCUT2D eigenvalue weighted by Crippen LogP contribution is -2.23. The highest BCUT2D eigenvalue weighted by molar-refractivity contribution is 6.02. The molecule has 0 aliphatic rings. The van der Waals surface area contributed by atoms with E-state index in [0.29, 0.717) is 25.1 Å². The molecule has 3 rings (SSSR count). The summed E-state index contributed by atoms with van der Waals surface area (Å²) in [6, 6.07) is 18.3. The van der Waals surface area contributed by atoms with E-state index in [1.807, 2.05) is 42.5 Å². The average molecular weight is 378 g/mol. The minimum absolute atomic E-state index is 0.0344. The first-order valence-corrected chi connectivity index (χ1v) is 8.97. The van der Waals surface area contributed by atoms with Crippen LogP contribution in [0.3, 0.4) is 0 Å². The van der Waals surface area contributed by atoms with E-state index in [9.17, 15) is 9.59 Å². The lowest BCUT2D eigenvalue weighted by Gasteiger charge is -2.09. The average Bonchev–Trinajstić information content (AvgIpc) is 3.26. The van der Waals surface area contributed by atoms with Gasteiger partial charge in [0.15, 0.2) is 5.76 Å². The Morgan fingerprint density at radius 3 is 2.61 bits per heavy atom. The molecule has 0 aliphatic heterocycles. The van der Waals surface area contributed by atoms with Gasteiger partial charge in [-0.1, -0.05) is 24.3 Å². The Bertz CT molecular complexity index is 935. The second-order valence-electron chi connectivity index (χ2n) is 6.26. The van der Waals surface area contributed by atoms with Crippen molar-refractivity contribution >= 4 is 17.5 Å². The van der Waals surface area contributed by atoms with Crippen molar-refractivity contribution < 1.29 is 18.7 Å². The fraction of sp³-hybridized carbons (Fsp3) is 0.182. The van der Waals surface area contributed by atoms with E-state index in [1.54, 1.807) is 25.3 Å². The lowest BCUT2D eigenvalue weighted by molar-refractivity contribution is -0.121. The molecule has 3 aromatic rings. The number of methoxy groups -OCH3 is 1. The van der Waals surface area contributed by atoms with Crippen molar-refractivity contribution in [2.75, 3.05) is 12.4 Å². The van der Waals surface area contributed by atoms with Gasteiger partial charge in [-0.3, -0.25) is 9.59 Å². The highest BCUT2D eigenvalue weighted by atomic mass is 16.5. The molecular weight excluding hydrogens is 356 g/mol. The van der Waals surface area contributed by atoms with Gasteiger partial charge in [-0.2, -0.15) is 0 Å². The topological polar surface area (TPSA) is 80.6 Å². The zero-order valence-corrected chi connectivity index (χ0v) is 15.6. The SMILES string of the molecule is COc1cccc(CCC(=O)NCc2cccc(NC(=O)c3ccco3)c2)c1. The molecule has 1 aromatic heterocycles. The molecule has 1 heterocycles. The molecule has 0 saturated heterocycles. The number of aryl methyl sites for hydroxylation is 1. The van der Waals surface area contributed by atoms with Crippen molar-refractivity contribution in [1.29, 1.82) is 0 Å². The van der Waals surface area contributed by atoms with E-state index in [2.05, 4.69) is 10.6 Å². The Morgan fingerprint density at radius 2 is 1.82 bits per heavy atom. The Balaban J connectivity index is 1.48. The maximum atomic E-state index is 12.1. The molecule has 0 saturated carbocycles. The van der Waals surface area contributed by atoms with E-state index in [1.165, 1.54) is 6.26 Å². The maximum Gasteiger partial charge on any atom is 0.291 e. The van der Waals surface area contributed by atoms with Gasteiger partial charge in [0.1, 0.15) is 5.75 Å². The number of hydrogen-bond acceptors (Lipinski definition) is 4. The van der Waals surface area contributed by atoms with Crippen LogP contribution < -0.4 is 15.4 Å². The molecule has 6 heteroatoms. The molecule has 0 atom stereocenters. The van der Waals surface area contributed by atoms with Crippen molar-refractivity contribution in [2.24, 2.45) is 0 Å². The van der Waals surface area contributed by atoms with Gasteiger partial charge in [0, 0.05) is 18.7 Å². The summed E-state index contributed by atoms with van der Waals surface area (Å²) in [5.74, 6) is 0.680. The third-order valence-electron chi connectivity index (χ3n) is 4.19. The molecule has 2 amide bonds. The van der Waals surface area contributed by atoms with Crippen LogP contribution in [-0.4, -0.2) is 18.9 Å². The molecule has 28 heavy (non-hydrogen) atoms. The van der Waals surface area contributed by atoms with E-state index in [4.69, 9.17) is 9.15 Å². The lowest BCUT2D eigenvalue weighted by atomic mass is 10.1. The van der Waals surface area contributed by atoms with E-state index in [0.717, 1.165) is 16.9 Å². The third-order valence-corrected chi connectivity index (χ3v) is 4.19. The molecule has 2 N–H and O–H groups in total. The maximum absolute atomic E-state index is 12.1. The zero-order valence-electron chi connectivity index (χ0n) is 15.6. The minimum Gasteiger partial charge on any atom is -0.497 e. The summed E-state index contributed by atoms with van der Waals surface area (Å²) >= 11 is 0. The van der Waals surface area contributed by atoms with Crippen LogP contribution in [0.25, 0.3) is 0 Å². The normalized spacial score (nSPS) is 10.3. The van der Waals surface area contributed by atoms with E-state index < -0.39 is 0 Å². The summed E-state index contributed by atoms with van der Waals surface area (Å²) in [7, 11) is 1.62. The quantitative estimate of drug-likeness (QED) is 0.625. The van der Waals surface area contributed by atoms with Crippen LogP contribution in [0, 0.1) is 0 Å². The van der Waals surface area contributed by atoms with Crippen LogP contribution in [-0.2, 0) is 17.8 Å². The summed E-state index contributed by atoms with van der Waals surface area (Å²) in [6.07, 6.45) is 2.48. The molecule has 0 spiro atoms. The fourth-order valence-electron chi connectivity index (χ4n) is 2.73. The summed E-state index contributed by atoms with van der Waals surface area (Å²) in [4.78, 5) is 24.2. The first-order chi connectivity index (χ1) is 13.6. The van der Waals surface area contributed by atoms with Crippen molar-refractivity contribution in [1.82, 2.24) is 5.32 Å². The third kappa shape index (κ3) is 5.48. The molecule has 144 valence electrons. The van der Waals surface area contributed by atoms with Crippen LogP contribution in [0.15, 0.2) is 71.3 Å². The molecule has 0 bridgehead atoms. The van der Waals surface area contributed by atoms with Gasteiger partial charge >= 0.3 is 0 Å². The molecule has 0 unspecified atom stereocenters. The minimum atomic E-state index is -0.315. The van der Waals surface area contributed by atoms with Crippen molar-refractivity contribution in [3.8, 4) is 5.75 Å². The first kappa shape index (κ1) is 19.2. The van der Waals surface area contributed by atoms with Crippen molar-refractivity contribution in [2.45, 2.75) is 19.4 Å². The second-order valence-corrected chi connectivity index (χ2v) is 6.26. The predicted molar refractivity (Wildman–Crippen MR) is 106 cm³/mol. The fourth-order valence-corrected chi connectivity index (χ4v) is 2.73. The largest absolute Gasteiger partial charge is 0.497 e. The highest BCUT2D eigenvalue weighted by Crippen LogP contribution is 2.15. The van der Waals surface area contributed by atoms with Crippen LogP contribution in [0.5, 0.6) is 5.75 Å². The van der Waals surface area contributed by atoms with Gasteiger partial charge in [-0.15, -0.1) is 0 Å². The van der Waals surface area contributed by atoms with Gasteiger partial charge < -0.3 is 19.8 Å². The van der Waals surface area contributed by atoms with Crippen LogP contribution in [0.1, 0.15) is 28.1 Å². The van der Waals surface area contributed by atoms with Crippen molar-refractivity contribution in [3.05, 3.63) is 83.8 Å². The van der Waals surface area contributed by atoms with Gasteiger partial charge in [-0.05, 0) is 53.9 Å². The molecule has 0 aliphatic carbocycles. The van der Waals surface area contributed by atoms with E-state index >= 15 is 0 Å². The van der Waals surface area contributed by atoms with Gasteiger partial charge in [0.25, 0.3) is 5.91 Å². The number of furan rings is 1. The zero-order chi connectivity index (χ0) is 19.8. The molecule has 6 nitrogen and oxygen atoms in total. The number of benzene rings is 2. The van der Waals surface area contributed by atoms with Gasteiger partial charge in [0.05, 0.1) is 13.4 Å². The second kappa shape index (κ2) is 9.41. The molecule has 2 aromatic carbocycles. The summed E-state index contributed by atoms with van der Waals surface area (Å²) in [5.41, 5.74) is 2.59.